The number of ether oxygens (including phenoxy) is 1. The molecule has 0 spiro atoms. The van der Waals surface area contributed by atoms with Gasteiger partial charge in [-0.05, 0) is 33.2 Å². The van der Waals surface area contributed by atoms with Crippen LogP contribution in [0.4, 0.5) is 4.79 Å². The molecule has 1 fully saturated rings. The van der Waals surface area contributed by atoms with Crippen molar-refractivity contribution in [1.29, 1.82) is 0 Å². The molecule has 1 saturated heterocycles. The molecule has 17 heavy (non-hydrogen) atoms. The van der Waals surface area contributed by atoms with Gasteiger partial charge < -0.3 is 10.1 Å². The van der Waals surface area contributed by atoms with Gasteiger partial charge in [-0.2, -0.15) is 13.1 Å². The van der Waals surface area contributed by atoms with Crippen molar-refractivity contribution in [3.8, 4) is 0 Å². The van der Waals surface area contributed by atoms with Crippen LogP contribution < -0.4 is 14.8 Å². The first-order chi connectivity index (χ1) is 7.94. The van der Waals surface area contributed by atoms with E-state index in [2.05, 4.69) is 14.8 Å². The van der Waals surface area contributed by atoms with Gasteiger partial charge in [-0.25, -0.2) is 9.52 Å². The van der Waals surface area contributed by atoms with Gasteiger partial charge in [0.25, 0.3) is 0 Å². The van der Waals surface area contributed by atoms with Crippen molar-refractivity contribution in [3.63, 3.8) is 0 Å². The van der Waals surface area contributed by atoms with E-state index in [4.69, 9.17) is 0 Å². The Bertz CT molecular complexity index is 357. The van der Waals surface area contributed by atoms with Crippen LogP contribution in [0.2, 0.25) is 0 Å². The van der Waals surface area contributed by atoms with E-state index in [1.165, 1.54) is 0 Å². The molecule has 0 radical (unpaired) electrons. The first kappa shape index (κ1) is 14.2. The quantitative estimate of drug-likeness (QED) is 0.649. The average Bonchev–Trinajstić information content (AvgIpc) is 2.20. The zero-order chi connectivity index (χ0) is 12.9. The topological polar surface area (TPSA) is 96.5 Å². The normalized spacial score (nSPS) is 25.3. The Morgan fingerprint density at radius 1 is 1.53 bits per heavy atom. The molecule has 0 bridgehead atoms. The highest BCUT2D eigenvalue weighted by molar-refractivity contribution is 7.88. The number of piperidine rings is 1. The lowest BCUT2D eigenvalue weighted by Gasteiger charge is -2.30. The third-order valence-corrected chi connectivity index (χ3v) is 3.61. The van der Waals surface area contributed by atoms with E-state index >= 15 is 0 Å². The van der Waals surface area contributed by atoms with Crippen LogP contribution in [-0.4, -0.2) is 39.7 Å². The van der Waals surface area contributed by atoms with Crippen LogP contribution in [0.5, 0.6) is 0 Å². The van der Waals surface area contributed by atoms with Crippen molar-refractivity contribution in [2.24, 2.45) is 0 Å². The largest absolute Gasteiger partial charge is 0.449 e. The molecule has 1 rings (SSSR count). The highest BCUT2D eigenvalue weighted by Crippen LogP contribution is 2.08. The summed E-state index contributed by atoms with van der Waals surface area (Å²) in [7, 11) is -3.85. The molecule has 1 amide bonds. The molecule has 0 aromatic rings. The smallest absolute Gasteiger partial charge is 0.421 e. The summed E-state index contributed by atoms with van der Waals surface area (Å²) in [6.45, 7) is 4.51. The molecule has 2 atom stereocenters. The van der Waals surface area contributed by atoms with Crippen LogP contribution in [0.15, 0.2) is 0 Å². The summed E-state index contributed by atoms with van der Waals surface area (Å²) in [4.78, 5) is 11.0. The fraction of sp³-hybridized carbons (Fsp3) is 0.889. The van der Waals surface area contributed by atoms with Crippen molar-refractivity contribution in [1.82, 2.24) is 14.8 Å². The minimum Gasteiger partial charge on any atom is -0.449 e. The number of hydrogen-bond donors (Lipinski definition) is 3. The molecule has 1 aliphatic heterocycles. The Kier molecular flexibility index (Phi) is 5.16. The van der Waals surface area contributed by atoms with Crippen LogP contribution in [0.1, 0.15) is 26.7 Å². The van der Waals surface area contributed by atoms with E-state index in [0.29, 0.717) is 0 Å². The van der Waals surface area contributed by atoms with Gasteiger partial charge in [-0.3, -0.25) is 0 Å². The summed E-state index contributed by atoms with van der Waals surface area (Å²) in [6.07, 6.45) is 0.686. The molecule has 0 saturated carbocycles. The zero-order valence-electron chi connectivity index (χ0n) is 10.0. The second-order valence-corrected chi connectivity index (χ2v) is 5.38. The van der Waals surface area contributed by atoms with Crippen LogP contribution in [0, 0.1) is 0 Å². The first-order valence-corrected chi connectivity index (χ1v) is 7.13. The lowest BCUT2D eigenvalue weighted by molar-refractivity contribution is 0.158. The Morgan fingerprint density at radius 3 is 2.82 bits per heavy atom. The second kappa shape index (κ2) is 6.18. The summed E-state index contributed by atoms with van der Waals surface area (Å²) in [5.74, 6) is 0. The zero-order valence-corrected chi connectivity index (χ0v) is 10.8. The maximum Gasteiger partial charge on any atom is 0.421 e. The summed E-state index contributed by atoms with van der Waals surface area (Å²) in [5.41, 5.74) is 0. The van der Waals surface area contributed by atoms with Gasteiger partial charge in [0.1, 0.15) is 0 Å². The van der Waals surface area contributed by atoms with Crippen molar-refractivity contribution >= 4 is 16.3 Å². The number of carbonyl (C=O) groups excluding carboxylic acids is 1. The molecule has 7 nitrogen and oxygen atoms in total. The van der Waals surface area contributed by atoms with Crippen molar-refractivity contribution in [2.45, 2.75) is 38.8 Å². The predicted molar refractivity (Wildman–Crippen MR) is 62.7 cm³/mol. The van der Waals surface area contributed by atoms with E-state index in [1.54, 1.807) is 11.6 Å². The lowest BCUT2D eigenvalue weighted by atomic mass is 10.0. The van der Waals surface area contributed by atoms with Gasteiger partial charge in [0.15, 0.2) is 0 Å². The van der Waals surface area contributed by atoms with E-state index in [-0.39, 0.29) is 18.7 Å². The molecular formula is C9H19N3O4S. The van der Waals surface area contributed by atoms with Gasteiger partial charge in [0, 0.05) is 12.1 Å². The fourth-order valence-corrected chi connectivity index (χ4v) is 2.76. The first-order valence-electron chi connectivity index (χ1n) is 5.65. The highest BCUT2D eigenvalue weighted by atomic mass is 32.2. The summed E-state index contributed by atoms with van der Waals surface area (Å²) in [5, 5.41) is 3.16. The molecule has 1 aliphatic rings. The molecule has 100 valence electrons. The molecule has 8 heteroatoms. The van der Waals surface area contributed by atoms with Crippen LogP contribution in [0.25, 0.3) is 0 Å². The van der Waals surface area contributed by atoms with E-state index < -0.39 is 16.3 Å². The Hall–Kier alpha value is -0.860. The second-order valence-electron chi connectivity index (χ2n) is 3.94. The predicted octanol–water partition coefficient (Wildman–Crippen LogP) is -0.293. The standard InChI is InChI=1S/C9H19N3O4S/c1-3-16-9(13)12-17(14,15)11-8-5-4-6-10-7(8)2/h7-8,10-11H,3-6H2,1-2H3,(H,12,13). The minimum atomic E-state index is -3.85. The number of nitrogens with one attached hydrogen (secondary N) is 3. The van der Waals surface area contributed by atoms with Crippen LogP contribution in [-0.2, 0) is 14.9 Å². The minimum absolute atomic E-state index is 0.0440. The van der Waals surface area contributed by atoms with Gasteiger partial charge in [-0.15, -0.1) is 0 Å². The monoisotopic (exact) mass is 265 g/mol. The summed E-state index contributed by atoms with van der Waals surface area (Å²) in [6, 6.07) is -0.168. The van der Waals surface area contributed by atoms with Crippen molar-refractivity contribution in [3.05, 3.63) is 0 Å². The Balaban J connectivity index is 2.50. The Labute approximate surface area is 101 Å². The average molecular weight is 265 g/mol. The van der Waals surface area contributed by atoms with E-state index in [9.17, 15) is 13.2 Å². The maximum atomic E-state index is 11.6. The Morgan fingerprint density at radius 2 is 2.24 bits per heavy atom. The molecular weight excluding hydrogens is 246 g/mol. The summed E-state index contributed by atoms with van der Waals surface area (Å²) < 4.78 is 31.9. The molecule has 1 heterocycles. The third-order valence-electron chi connectivity index (χ3n) is 2.56. The molecule has 0 aliphatic carbocycles. The molecule has 0 aromatic heterocycles. The number of amides is 1. The van der Waals surface area contributed by atoms with Gasteiger partial charge in [-0.1, -0.05) is 0 Å². The molecule has 0 aromatic carbocycles. The number of carbonyl (C=O) groups is 1. The van der Waals surface area contributed by atoms with Crippen molar-refractivity contribution in [2.75, 3.05) is 13.2 Å². The highest BCUT2D eigenvalue weighted by Gasteiger charge is 2.26. The molecule has 2 unspecified atom stereocenters. The lowest BCUT2D eigenvalue weighted by Crippen LogP contribution is -2.55. The fourth-order valence-electron chi connectivity index (χ4n) is 1.70. The van der Waals surface area contributed by atoms with E-state index in [0.717, 1.165) is 19.4 Å². The molecule has 3 N–H and O–H groups in total. The number of rotatable bonds is 4. The van der Waals surface area contributed by atoms with Crippen molar-refractivity contribution < 1.29 is 17.9 Å². The van der Waals surface area contributed by atoms with Gasteiger partial charge in [0.2, 0.25) is 0 Å². The summed E-state index contributed by atoms with van der Waals surface area (Å²) >= 11 is 0. The maximum absolute atomic E-state index is 11.6. The van der Waals surface area contributed by atoms with Crippen LogP contribution >= 0.6 is 0 Å². The number of hydrogen-bond acceptors (Lipinski definition) is 5. The third kappa shape index (κ3) is 4.88. The van der Waals surface area contributed by atoms with Gasteiger partial charge >= 0.3 is 16.3 Å². The van der Waals surface area contributed by atoms with Gasteiger partial charge in [0.05, 0.1) is 6.61 Å². The SMILES string of the molecule is CCOC(=O)NS(=O)(=O)NC1CCCNC1C. The van der Waals surface area contributed by atoms with E-state index in [1.807, 2.05) is 6.92 Å². The van der Waals surface area contributed by atoms with Crippen LogP contribution in [0.3, 0.4) is 0 Å².